The Kier molecular flexibility index (Phi) is 3.31. The monoisotopic (exact) mass is 223 g/mol. The second kappa shape index (κ2) is 4.56. The molecule has 0 aromatic rings. The van der Waals surface area contributed by atoms with Gasteiger partial charge in [0.2, 0.25) is 5.91 Å². The van der Waals surface area contributed by atoms with Gasteiger partial charge in [0.25, 0.3) is 0 Å². The van der Waals surface area contributed by atoms with Gasteiger partial charge in [-0.2, -0.15) is 0 Å². The Morgan fingerprint density at radius 1 is 1.12 bits per heavy atom. The van der Waals surface area contributed by atoms with Gasteiger partial charge in [-0.25, -0.2) is 0 Å². The van der Waals surface area contributed by atoms with Crippen LogP contribution in [0, 0.1) is 11.8 Å². The highest BCUT2D eigenvalue weighted by atomic mass is 16.2. The van der Waals surface area contributed by atoms with Gasteiger partial charge in [0.15, 0.2) is 5.78 Å². The van der Waals surface area contributed by atoms with E-state index in [0.717, 1.165) is 24.7 Å². The molecule has 2 fully saturated rings. The van der Waals surface area contributed by atoms with E-state index in [1.165, 1.54) is 12.8 Å². The standard InChI is InChI=1S/C13H21NO2/c1-9(2)10-3-5-11(6-4-10)14-8-12(15)7-13(14)16/h9-11H,3-8H2,1-2H3. The van der Waals surface area contributed by atoms with Gasteiger partial charge >= 0.3 is 0 Å². The normalized spacial score (nSPS) is 31.6. The minimum absolute atomic E-state index is 0.0537. The summed E-state index contributed by atoms with van der Waals surface area (Å²) in [7, 11) is 0. The lowest BCUT2D eigenvalue weighted by Gasteiger charge is -2.35. The number of hydrogen-bond donors (Lipinski definition) is 0. The molecule has 0 bridgehead atoms. The summed E-state index contributed by atoms with van der Waals surface area (Å²) >= 11 is 0. The Morgan fingerprint density at radius 2 is 1.75 bits per heavy atom. The molecule has 3 heteroatoms. The van der Waals surface area contributed by atoms with Crippen LogP contribution in [0.1, 0.15) is 46.0 Å². The quantitative estimate of drug-likeness (QED) is 0.671. The molecule has 0 unspecified atom stereocenters. The number of hydrogen-bond acceptors (Lipinski definition) is 2. The highest BCUT2D eigenvalue weighted by Crippen LogP contribution is 2.33. The van der Waals surface area contributed by atoms with Crippen LogP contribution in [-0.2, 0) is 9.59 Å². The fraction of sp³-hybridized carbons (Fsp3) is 0.846. The molecule has 1 saturated heterocycles. The lowest BCUT2D eigenvalue weighted by atomic mass is 9.79. The van der Waals surface area contributed by atoms with E-state index >= 15 is 0 Å². The molecule has 0 atom stereocenters. The minimum atomic E-state index is 0.0537. The summed E-state index contributed by atoms with van der Waals surface area (Å²) in [4.78, 5) is 24.6. The summed E-state index contributed by atoms with van der Waals surface area (Å²) in [5.41, 5.74) is 0. The molecule has 1 amide bonds. The average Bonchev–Trinajstić information content (AvgIpc) is 2.58. The highest BCUT2D eigenvalue weighted by molar-refractivity contribution is 6.05. The van der Waals surface area contributed by atoms with Crippen LogP contribution in [0.15, 0.2) is 0 Å². The van der Waals surface area contributed by atoms with Crippen molar-refractivity contribution in [1.82, 2.24) is 4.90 Å². The van der Waals surface area contributed by atoms with Gasteiger partial charge in [0.1, 0.15) is 0 Å². The molecular weight excluding hydrogens is 202 g/mol. The summed E-state index contributed by atoms with van der Waals surface area (Å²) in [6, 6.07) is 0.342. The van der Waals surface area contributed by atoms with Crippen molar-refractivity contribution in [3.8, 4) is 0 Å². The Balaban J connectivity index is 1.89. The highest BCUT2D eigenvalue weighted by Gasteiger charge is 2.35. The van der Waals surface area contributed by atoms with E-state index in [1.54, 1.807) is 0 Å². The fourth-order valence-corrected chi connectivity index (χ4v) is 3.02. The molecule has 1 aliphatic carbocycles. The molecule has 3 nitrogen and oxygen atoms in total. The summed E-state index contributed by atoms with van der Waals surface area (Å²) in [5.74, 6) is 1.70. The first-order chi connectivity index (χ1) is 7.58. The van der Waals surface area contributed by atoms with Crippen LogP contribution in [0.3, 0.4) is 0 Å². The molecule has 0 spiro atoms. The average molecular weight is 223 g/mol. The fourth-order valence-electron chi connectivity index (χ4n) is 3.02. The summed E-state index contributed by atoms with van der Waals surface area (Å²) in [6.45, 7) is 4.92. The maximum Gasteiger partial charge on any atom is 0.230 e. The molecular formula is C13H21NO2. The maximum atomic E-state index is 11.6. The molecule has 0 aromatic heterocycles. The van der Waals surface area contributed by atoms with E-state index in [4.69, 9.17) is 0 Å². The van der Waals surface area contributed by atoms with Gasteiger partial charge in [0, 0.05) is 6.04 Å². The molecule has 0 radical (unpaired) electrons. The lowest BCUT2D eigenvalue weighted by Crippen LogP contribution is -2.39. The number of carbonyl (C=O) groups excluding carboxylic acids is 2. The Labute approximate surface area is 97.2 Å². The number of ketones is 1. The van der Waals surface area contributed by atoms with Crippen molar-refractivity contribution in [2.45, 2.75) is 52.0 Å². The second-order valence-corrected chi connectivity index (χ2v) is 5.55. The molecule has 1 heterocycles. The Hall–Kier alpha value is -0.860. The van der Waals surface area contributed by atoms with Gasteiger partial charge in [-0.15, -0.1) is 0 Å². The first-order valence-electron chi connectivity index (χ1n) is 6.39. The van der Waals surface area contributed by atoms with E-state index in [0.29, 0.717) is 12.6 Å². The number of carbonyl (C=O) groups is 2. The smallest absolute Gasteiger partial charge is 0.230 e. The molecule has 2 rings (SSSR count). The van der Waals surface area contributed by atoms with E-state index in [9.17, 15) is 9.59 Å². The first kappa shape index (κ1) is 11.6. The van der Waals surface area contributed by atoms with Crippen LogP contribution >= 0.6 is 0 Å². The third kappa shape index (κ3) is 2.28. The Morgan fingerprint density at radius 3 is 2.19 bits per heavy atom. The Bertz CT molecular complexity index is 290. The van der Waals surface area contributed by atoms with E-state index in [-0.39, 0.29) is 18.1 Å². The molecule has 2 aliphatic rings. The van der Waals surface area contributed by atoms with Crippen LogP contribution < -0.4 is 0 Å². The van der Waals surface area contributed by atoms with Gasteiger partial charge in [0.05, 0.1) is 13.0 Å². The van der Waals surface area contributed by atoms with Crippen molar-refractivity contribution in [2.24, 2.45) is 11.8 Å². The van der Waals surface area contributed by atoms with Crippen LogP contribution in [0.2, 0.25) is 0 Å². The van der Waals surface area contributed by atoms with Crippen molar-refractivity contribution in [2.75, 3.05) is 6.54 Å². The molecule has 0 N–H and O–H groups in total. The third-order valence-electron chi connectivity index (χ3n) is 4.14. The summed E-state index contributed by atoms with van der Waals surface area (Å²) in [6.07, 6.45) is 4.73. The number of Topliss-reactive ketones (excluding diaryl/α,β-unsaturated/α-hetero) is 1. The van der Waals surface area contributed by atoms with Crippen LogP contribution in [0.4, 0.5) is 0 Å². The van der Waals surface area contributed by atoms with Crippen molar-refractivity contribution < 1.29 is 9.59 Å². The number of likely N-dealkylation sites (tertiary alicyclic amines) is 1. The predicted octanol–water partition coefficient (Wildman–Crippen LogP) is 2.00. The van der Waals surface area contributed by atoms with Gasteiger partial charge in [-0.05, 0) is 37.5 Å². The van der Waals surface area contributed by atoms with Gasteiger partial charge in [-0.1, -0.05) is 13.8 Å². The van der Waals surface area contributed by atoms with E-state index < -0.39 is 0 Å². The number of rotatable bonds is 2. The van der Waals surface area contributed by atoms with Crippen LogP contribution in [0.5, 0.6) is 0 Å². The molecule has 90 valence electrons. The number of nitrogens with zero attached hydrogens (tertiary/aromatic N) is 1. The van der Waals surface area contributed by atoms with Crippen LogP contribution in [0.25, 0.3) is 0 Å². The summed E-state index contributed by atoms with van der Waals surface area (Å²) < 4.78 is 0. The van der Waals surface area contributed by atoms with Crippen molar-refractivity contribution >= 4 is 11.7 Å². The zero-order chi connectivity index (χ0) is 11.7. The van der Waals surface area contributed by atoms with Crippen molar-refractivity contribution in [3.63, 3.8) is 0 Å². The molecule has 0 aromatic carbocycles. The van der Waals surface area contributed by atoms with E-state index in [2.05, 4.69) is 13.8 Å². The lowest BCUT2D eigenvalue weighted by molar-refractivity contribution is -0.130. The maximum absolute atomic E-state index is 11.6. The zero-order valence-corrected chi connectivity index (χ0v) is 10.2. The van der Waals surface area contributed by atoms with Crippen LogP contribution in [-0.4, -0.2) is 29.2 Å². The minimum Gasteiger partial charge on any atom is -0.332 e. The third-order valence-corrected chi connectivity index (χ3v) is 4.14. The number of amides is 1. The molecule has 1 aliphatic heterocycles. The van der Waals surface area contributed by atoms with Crippen molar-refractivity contribution in [1.29, 1.82) is 0 Å². The SMILES string of the molecule is CC(C)C1CCC(N2CC(=O)CC2=O)CC1. The summed E-state index contributed by atoms with van der Waals surface area (Å²) in [5, 5.41) is 0. The second-order valence-electron chi connectivity index (χ2n) is 5.55. The molecule has 1 saturated carbocycles. The van der Waals surface area contributed by atoms with Crippen molar-refractivity contribution in [3.05, 3.63) is 0 Å². The van der Waals surface area contributed by atoms with Gasteiger partial charge < -0.3 is 4.90 Å². The van der Waals surface area contributed by atoms with Gasteiger partial charge in [-0.3, -0.25) is 9.59 Å². The molecule has 16 heavy (non-hydrogen) atoms. The first-order valence-corrected chi connectivity index (χ1v) is 6.39. The van der Waals surface area contributed by atoms with E-state index in [1.807, 2.05) is 4.90 Å². The predicted molar refractivity (Wildman–Crippen MR) is 61.9 cm³/mol. The zero-order valence-electron chi connectivity index (χ0n) is 10.2. The topological polar surface area (TPSA) is 37.4 Å². The largest absolute Gasteiger partial charge is 0.332 e.